The fraction of sp³-hybridized carbons (Fsp3) is 0.818. The van der Waals surface area contributed by atoms with Gasteiger partial charge in [0, 0.05) is 18.6 Å². The van der Waals surface area contributed by atoms with Crippen LogP contribution in [0.5, 0.6) is 0 Å². The number of likely N-dealkylation sites (tertiary alicyclic amines) is 2. The van der Waals surface area contributed by atoms with Crippen LogP contribution < -0.4 is 5.32 Å². The molecule has 1 aliphatic carbocycles. The topological polar surface area (TPSA) is 31.7 Å². The van der Waals surface area contributed by atoms with Crippen molar-refractivity contribution in [2.75, 3.05) is 32.7 Å². The highest BCUT2D eigenvalue weighted by atomic mass is 16.3. The molecule has 1 aromatic heterocycles. The van der Waals surface area contributed by atoms with Crippen LogP contribution >= 0.6 is 0 Å². The highest BCUT2D eigenvalue weighted by molar-refractivity contribution is 5.06. The van der Waals surface area contributed by atoms with E-state index in [0.29, 0.717) is 12.1 Å². The van der Waals surface area contributed by atoms with Crippen LogP contribution in [0.15, 0.2) is 22.8 Å². The molecule has 1 aromatic rings. The SMILES string of the molecule is c1coc([C@H](CNC2CCN(C3CCCCC3)CC2)N2CCCCC2)c1. The van der Waals surface area contributed by atoms with Crippen molar-refractivity contribution in [1.29, 1.82) is 0 Å². The van der Waals surface area contributed by atoms with Crippen LogP contribution in [0.2, 0.25) is 0 Å². The van der Waals surface area contributed by atoms with Gasteiger partial charge in [-0.05, 0) is 76.8 Å². The number of nitrogens with zero attached hydrogens (tertiary/aromatic N) is 2. The Balaban J connectivity index is 1.26. The molecule has 4 rings (SSSR count). The third-order valence-corrected chi connectivity index (χ3v) is 6.92. The van der Waals surface area contributed by atoms with Gasteiger partial charge in [-0.15, -0.1) is 0 Å². The first-order chi connectivity index (χ1) is 12.9. The van der Waals surface area contributed by atoms with E-state index in [1.807, 2.05) is 12.3 Å². The predicted molar refractivity (Wildman–Crippen MR) is 106 cm³/mol. The molecule has 0 aromatic carbocycles. The van der Waals surface area contributed by atoms with Gasteiger partial charge in [0.1, 0.15) is 5.76 Å². The maximum absolute atomic E-state index is 5.80. The Labute approximate surface area is 159 Å². The van der Waals surface area contributed by atoms with Crippen molar-refractivity contribution in [1.82, 2.24) is 15.1 Å². The standard InChI is InChI=1S/C22H37N3O/c1-3-8-20(9-4-1)24-15-11-19(12-16-24)23-18-21(22-10-7-17-26-22)25-13-5-2-6-14-25/h7,10,17,19-21,23H,1-6,8-9,11-16,18H2/t21-/m0/s1. The second-order valence-corrected chi connectivity index (χ2v) is 8.64. The summed E-state index contributed by atoms with van der Waals surface area (Å²) in [6.45, 7) is 6.04. The molecular formula is C22H37N3O. The summed E-state index contributed by atoms with van der Waals surface area (Å²) < 4.78 is 5.80. The highest BCUT2D eigenvalue weighted by Gasteiger charge is 2.28. The summed E-state index contributed by atoms with van der Waals surface area (Å²) >= 11 is 0. The molecule has 26 heavy (non-hydrogen) atoms. The fourth-order valence-electron chi connectivity index (χ4n) is 5.31. The van der Waals surface area contributed by atoms with E-state index in [1.165, 1.54) is 90.4 Å². The van der Waals surface area contributed by atoms with Crippen LogP contribution in [0.25, 0.3) is 0 Å². The van der Waals surface area contributed by atoms with Gasteiger partial charge in [-0.3, -0.25) is 4.90 Å². The Bertz CT molecular complexity index is 497. The van der Waals surface area contributed by atoms with E-state index in [4.69, 9.17) is 4.42 Å². The first kappa shape index (κ1) is 18.5. The number of nitrogens with one attached hydrogen (secondary N) is 1. The van der Waals surface area contributed by atoms with E-state index in [9.17, 15) is 0 Å². The summed E-state index contributed by atoms with van der Waals surface area (Å²) in [5.74, 6) is 1.14. The molecule has 1 N–H and O–H groups in total. The molecule has 0 spiro atoms. The molecule has 2 saturated heterocycles. The minimum atomic E-state index is 0.404. The van der Waals surface area contributed by atoms with Crippen LogP contribution in [-0.2, 0) is 0 Å². The van der Waals surface area contributed by atoms with E-state index in [0.717, 1.165) is 18.3 Å². The van der Waals surface area contributed by atoms with Gasteiger partial charge in [0.25, 0.3) is 0 Å². The van der Waals surface area contributed by atoms with E-state index in [-0.39, 0.29) is 0 Å². The van der Waals surface area contributed by atoms with E-state index >= 15 is 0 Å². The van der Waals surface area contributed by atoms with Gasteiger partial charge < -0.3 is 14.6 Å². The predicted octanol–water partition coefficient (Wildman–Crippen LogP) is 4.19. The lowest BCUT2D eigenvalue weighted by Gasteiger charge is -2.40. The van der Waals surface area contributed by atoms with Gasteiger partial charge in [0.15, 0.2) is 0 Å². The minimum Gasteiger partial charge on any atom is -0.468 e. The summed E-state index contributed by atoms with van der Waals surface area (Å²) in [4.78, 5) is 5.42. The Morgan fingerprint density at radius 3 is 2.35 bits per heavy atom. The van der Waals surface area contributed by atoms with Gasteiger partial charge in [-0.2, -0.15) is 0 Å². The second kappa shape index (κ2) is 9.38. The number of rotatable bonds is 6. The number of furan rings is 1. The van der Waals surface area contributed by atoms with E-state index in [1.54, 1.807) is 0 Å². The zero-order valence-corrected chi connectivity index (χ0v) is 16.4. The maximum Gasteiger partial charge on any atom is 0.122 e. The van der Waals surface area contributed by atoms with Gasteiger partial charge in [-0.25, -0.2) is 0 Å². The molecule has 0 unspecified atom stereocenters. The molecule has 4 nitrogen and oxygen atoms in total. The van der Waals surface area contributed by atoms with Gasteiger partial charge in [0.05, 0.1) is 12.3 Å². The average molecular weight is 360 g/mol. The quantitative estimate of drug-likeness (QED) is 0.825. The molecule has 0 amide bonds. The molecule has 4 heteroatoms. The molecule has 0 bridgehead atoms. The van der Waals surface area contributed by atoms with Crippen LogP contribution in [0, 0.1) is 0 Å². The van der Waals surface area contributed by atoms with Crippen molar-refractivity contribution < 1.29 is 4.42 Å². The van der Waals surface area contributed by atoms with Crippen molar-refractivity contribution in [2.45, 2.75) is 82.3 Å². The van der Waals surface area contributed by atoms with Gasteiger partial charge >= 0.3 is 0 Å². The third-order valence-electron chi connectivity index (χ3n) is 6.92. The van der Waals surface area contributed by atoms with Crippen molar-refractivity contribution in [3.05, 3.63) is 24.2 Å². The van der Waals surface area contributed by atoms with Crippen molar-refractivity contribution in [3.8, 4) is 0 Å². The van der Waals surface area contributed by atoms with Gasteiger partial charge in [0.2, 0.25) is 0 Å². The minimum absolute atomic E-state index is 0.404. The summed E-state index contributed by atoms with van der Waals surface area (Å²) in [5.41, 5.74) is 0. The molecule has 2 aliphatic heterocycles. The number of hydrogen-bond acceptors (Lipinski definition) is 4. The molecule has 3 aliphatic rings. The van der Waals surface area contributed by atoms with Crippen LogP contribution in [-0.4, -0.2) is 54.6 Å². The maximum atomic E-state index is 5.80. The number of piperidine rings is 2. The average Bonchev–Trinajstić information content (AvgIpc) is 3.25. The zero-order valence-electron chi connectivity index (χ0n) is 16.4. The molecule has 3 heterocycles. The lowest BCUT2D eigenvalue weighted by atomic mass is 9.92. The van der Waals surface area contributed by atoms with Crippen molar-refractivity contribution >= 4 is 0 Å². The first-order valence-electron chi connectivity index (χ1n) is 11.1. The Hall–Kier alpha value is -0.840. The summed E-state index contributed by atoms with van der Waals surface area (Å²) in [7, 11) is 0. The summed E-state index contributed by atoms with van der Waals surface area (Å²) in [6, 6.07) is 6.16. The van der Waals surface area contributed by atoms with Crippen LogP contribution in [0.1, 0.15) is 76.0 Å². The Morgan fingerprint density at radius 1 is 0.923 bits per heavy atom. The molecule has 1 atom stereocenters. The monoisotopic (exact) mass is 359 g/mol. The second-order valence-electron chi connectivity index (χ2n) is 8.64. The first-order valence-corrected chi connectivity index (χ1v) is 11.1. The smallest absolute Gasteiger partial charge is 0.122 e. The van der Waals surface area contributed by atoms with E-state index < -0.39 is 0 Å². The molecule has 0 radical (unpaired) electrons. The van der Waals surface area contributed by atoms with Crippen molar-refractivity contribution in [2.24, 2.45) is 0 Å². The molecule has 146 valence electrons. The Morgan fingerprint density at radius 2 is 1.65 bits per heavy atom. The fourth-order valence-corrected chi connectivity index (χ4v) is 5.31. The zero-order chi connectivity index (χ0) is 17.6. The third kappa shape index (κ3) is 4.71. The van der Waals surface area contributed by atoms with Crippen molar-refractivity contribution in [3.63, 3.8) is 0 Å². The largest absolute Gasteiger partial charge is 0.468 e. The normalized spacial score (nSPS) is 26.2. The number of hydrogen-bond donors (Lipinski definition) is 1. The Kier molecular flexibility index (Phi) is 6.68. The lowest BCUT2D eigenvalue weighted by Crippen LogP contribution is -2.49. The summed E-state index contributed by atoms with van der Waals surface area (Å²) in [6.07, 6.45) is 15.7. The van der Waals surface area contributed by atoms with Crippen LogP contribution in [0.4, 0.5) is 0 Å². The lowest BCUT2D eigenvalue weighted by molar-refractivity contribution is 0.106. The highest BCUT2D eigenvalue weighted by Crippen LogP contribution is 2.27. The molecule has 3 fully saturated rings. The molecular weight excluding hydrogens is 322 g/mol. The van der Waals surface area contributed by atoms with Gasteiger partial charge in [-0.1, -0.05) is 25.7 Å². The molecule has 1 saturated carbocycles. The van der Waals surface area contributed by atoms with E-state index in [2.05, 4.69) is 21.2 Å². The van der Waals surface area contributed by atoms with Crippen LogP contribution in [0.3, 0.4) is 0 Å². The summed E-state index contributed by atoms with van der Waals surface area (Å²) in [5, 5.41) is 3.90.